The zero-order valence-corrected chi connectivity index (χ0v) is 12.5. The normalized spacial score (nSPS) is 12.0. The fraction of sp³-hybridized carbons (Fsp3) is 0. The Morgan fingerprint density at radius 1 is 0.583 bits per heavy atom. The van der Waals surface area contributed by atoms with Gasteiger partial charge in [-0.1, -0.05) is 0 Å². The molecule has 3 heterocycles. The molecule has 24 heavy (non-hydrogen) atoms. The Morgan fingerprint density at radius 3 is 1.42 bits per heavy atom. The van der Waals surface area contributed by atoms with Crippen molar-refractivity contribution >= 4 is 44.2 Å². The Kier molecular flexibility index (Phi) is 2.19. The van der Waals surface area contributed by atoms with Crippen molar-refractivity contribution in [1.82, 2.24) is 8.80 Å². The summed E-state index contributed by atoms with van der Waals surface area (Å²) in [6.07, 6.45) is 0. The number of anilines is 2. The zero-order chi connectivity index (χ0) is 16.6. The number of nitrogens with zero attached hydrogens (tertiary/aromatic N) is 2. The molecule has 0 saturated carbocycles. The van der Waals surface area contributed by atoms with Gasteiger partial charge in [-0.25, -0.2) is 0 Å². The van der Waals surface area contributed by atoms with Gasteiger partial charge in [-0.2, -0.15) is 0 Å². The van der Waals surface area contributed by atoms with Gasteiger partial charge in [-0.3, -0.25) is 18.4 Å². The summed E-state index contributed by atoms with van der Waals surface area (Å²) in [5, 5.41) is 1.54. The van der Waals surface area contributed by atoms with E-state index in [1.54, 1.807) is 48.5 Å². The molecule has 0 saturated heterocycles. The van der Waals surface area contributed by atoms with Gasteiger partial charge in [0.15, 0.2) is 0 Å². The van der Waals surface area contributed by atoms with Crippen molar-refractivity contribution in [2.24, 2.45) is 0 Å². The number of rotatable bonds is 0. The minimum Gasteiger partial charge on any atom is -0.399 e. The molecule has 2 aromatic carbocycles. The van der Waals surface area contributed by atoms with Crippen LogP contribution in [0.15, 0.2) is 58.1 Å². The van der Waals surface area contributed by atoms with Crippen LogP contribution < -0.4 is 22.6 Å². The number of nitrogen functional groups attached to an aromatic ring is 2. The maximum atomic E-state index is 13.0. The van der Waals surface area contributed by atoms with Crippen LogP contribution in [0.5, 0.6) is 0 Å². The number of hydrogen-bond acceptors (Lipinski definition) is 4. The second-order valence-corrected chi connectivity index (χ2v) is 5.98. The smallest absolute Gasteiger partial charge is 0.280 e. The molecular weight excluding hydrogens is 304 g/mol. The lowest BCUT2D eigenvalue weighted by Crippen LogP contribution is -2.25. The maximum absolute atomic E-state index is 13.0. The predicted octanol–water partition coefficient (Wildman–Crippen LogP) is 1.82. The van der Waals surface area contributed by atoms with Crippen LogP contribution in [-0.2, 0) is 0 Å². The Bertz CT molecular complexity index is 1300. The summed E-state index contributed by atoms with van der Waals surface area (Å²) < 4.78 is 2.91. The Labute approximate surface area is 134 Å². The van der Waals surface area contributed by atoms with Crippen LogP contribution in [0.4, 0.5) is 11.4 Å². The molecule has 5 aromatic rings. The summed E-state index contributed by atoms with van der Waals surface area (Å²) in [5.74, 6) is 0. The lowest BCUT2D eigenvalue weighted by molar-refractivity contribution is 1.07. The van der Waals surface area contributed by atoms with Gasteiger partial charge in [-0.15, -0.1) is 0 Å². The van der Waals surface area contributed by atoms with E-state index in [2.05, 4.69) is 0 Å². The monoisotopic (exact) mass is 316 g/mol. The molecule has 6 heteroatoms. The highest BCUT2D eigenvalue weighted by molar-refractivity contribution is 5.93. The van der Waals surface area contributed by atoms with Crippen LogP contribution in [0.2, 0.25) is 0 Å². The highest BCUT2D eigenvalue weighted by Crippen LogP contribution is 2.23. The standard InChI is InChI=1S/C18H12N4O2/c19-11-1-3-13-9(5-11)7-15-18(24)22-14-4-2-12(20)6-10(14)8-16(22)17(23)21(13)15/h1-8H,19-20H2. The maximum Gasteiger partial charge on any atom is 0.280 e. The van der Waals surface area contributed by atoms with E-state index in [4.69, 9.17) is 11.5 Å². The molecule has 0 bridgehead atoms. The van der Waals surface area contributed by atoms with E-state index in [1.165, 1.54) is 8.80 Å². The largest absolute Gasteiger partial charge is 0.399 e. The fourth-order valence-electron chi connectivity index (χ4n) is 3.45. The first-order chi connectivity index (χ1) is 11.5. The molecule has 0 radical (unpaired) electrons. The van der Waals surface area contributed by atoms with E-state index in [1.807, 2.05) is 0 Å². The summed E-state index contributed by atoms with van der Waals surface area (Å²) in [6.45, 7) is 0. The molecule has 0 fully saturated rings. The molecule has 0 spiro atoms. The van der Waals surface area contributed by atoms with E-state index in [9.17, 15) is 9.59 Å². The Balaban J connectivity index is 2.13. The molecule has 0 aliphatic carbocycles. The van der Waals surface area contributed by atoms with Gasteiger partial charge in [0.2, 0.25) is 0 Å². The summed E-state index contributed by atoms with van der Waals surface area (Å²) in [5.41, 5.74) is 14.3. The predicted molar refractivity (Wildman–Crippen MR) is 95.9 cm³/mol. The molecule has 116 valence electrons. The third kappa shape index (κ3) is 1.44. The first-order valence-corrected chi connectivity index (χ1v) is 7.46. The van der Waals surface area contributed by atoms with Gasteiger partial charge >= 0.3 is 0 Å². The van der Waals surface area contributed by atoms with Crippen LogP contribution in [0.25, 0.3) is 32.8 Å². The highest BCUT2D eigenvalue weighted by atomic mass is 16.1. The molecule has 4 N–H and O–H groups in total. The highest BCUT2D eigenvalue weighted by Gasteiger charge is 2.16. The lowest BCUT2D eigenvalue weighted by atomic mass is 10.2. The lowest BCUT2D eigenvalue weighted by Gasteiger charge is -2.00. The van der Waals surface area contributed by atoms with Crippen LogP contribution in [0.1, 0.15) is 0 Å². The van der Waals surface area contributed by atoms with Crippen LogP contribution in [0.3, 0.4) is 0 Å². The van der Waals surface area contributed by atoms with Crippen molar-refractivity contribution in [3.63, 3.8) is 0 Å². The van der Waals surface area contributed by atoms with Crippen molar-refractivity contribution in [1.29, 1.82) is 0 Å². The van der Waals surface area contributed by atoms with E-state index in [-0.39, 0.29) is 11.1 Å². The molecule has 0 atom stereocenters. The number of hydrogen-bond donors (Lipinski definition) is 2. The fourth-order valence-corrected chi connectivity index (χ4v) is 3.45. The van der Waals surface area contributed by atoms with Crippen LogP contribution in [0, 0.1) is 0 Å². The summed E-state index contributed by atoms with van der Waals surface area (Å²) in [4.78, 5) is 26.0. The van der Waals surface area contributed by atoms with E-state index in [0.717, 1.165) is 10.8 Å². The Hall–Kier alpha value is -3.54. The molecular formula is C18H12N4O2. The molecule has 6 nitrogen and oxygen atoms in total. The van der Waals surface area contributed by atoms with Gasteiger partial charge in [0.1, 0.15) is 11.0 Å². The average molecular weight is 316 g/mol. The molecule has 0 amide bonds. The quantitative estimate of drug-likeness (QED) is 0.426. The average Bonchev–Trinajstić information content (AvgIpc) is 3.10. The second-order valence-electron chi connectivity index (χ2n) is 5.98. The van der Waals surface area contributed by atoms with Crippen molar-refractivity contribution in [2.75, 3.05) is 11.5 Å². The zero-order valence-electron chi connectivity index (χ0n) is 12.5. The van der Waals surface area contributed by atoms with Crippen LogP contribution >= 0.6 is 0 Å². The first-order valence-electron chi connectivity index (χ1n) is 7.46. The van der Waals surface area contributed by atoms with Gasteiger partial charge < -0.3 is 11.5 Å². The summed E-state index contributed by atoms with van der Waals surface area (Å²) >= 11 is 0. The number of nitrogens with two attached hydrogens (primary N) is 2. The van der Waals surface area contributed by atoms with E-state index in [0.29, 0.717) is 33.4 Å². The molecule has 3 aromatic heterocycles. The van der Waals surface area contributed by atoms with Crippen molar-refractivity contribution in [3.05, 3.63) is 69.2 Å². The summed E-state index contributed by atoms with van der Waals surface area (Å²) in [6, 6.07) is 13.9. The minimum absolute atomic E-state index is 0.237. The molecule has 0 aliphatic heterocycles. The Morgan fingerprint density at radius 2 is 1.00 bits per heavy atom. The number of aromatic nitrogens is 2. The van der Waals surface area contributed by atoms with Gasteiger partial charge in [0.25, 0.3) is 11.1 Å². The SMILES string of the molecule is Nc1ccc2c(c1)cc1c(=O)n3c(cc4cc(N)ccc43)c(=O)n12. The number of benzene rings is 2. The van der Waals surface area contributed by atoms with Crippen molar-refractivity contribution in [3.8, 4) is 0 Å². The molecule has 0 unspecified atom stereocenters. The first kappa shape index (κ1) is 13.0. The minimum atomic E-state index is -0.237. The summed E-state index contributed by atoms with van der Waals surface area (Å²) in [7, 11) is 0. The number of fused-ring (bicyclic) bond motifs is 6. The van der Waals surface area contributed by atoms with Gasteiger partial charge in [-0.05, 0) is 48.5 Å². The molecule has 5 rings (SSSR count). The van der Waals surface area contributed by atoms with Gasteiger partial charge in [0.05, 0.1) is 11.0 Å². The van der Waals surface area contributed by atoms with Crippen LogP contribution in [-0.4, -0.2) is 8.80 Å². The van der Waals surface area contributed by atoms with E-state index < -0.39 is 0 Å². The van der Waals surface area contributed by atoms with Gasteiger partial charge in [0, 0.05) is 22.1 Å². The third-order valence-corrected chi connectivity index (χ3v) is 4.50. The van der Waals surface area contributed by atoms with E-state index >= 15 is 0 Å². The van der Waals surface area contributed by atoms with Crippen molar-refractivity contribution < 1.29 is 0 Å². The third-order valence-electron chi connectivity index (χ3n) is 4.50. The van der Waals surface area contributed by atoms with Crippen molar-refractivity contribution in [2.45, 2.75) is 0 Å². The topological polar surface area (TPSA) is 95.0 Å². The second kappa shape index (κ2) is 4.05. The molecule has 0 aliphatic rings.